The van der Waals surface area contributed by atoms with Gasteiger partial charge in [0.2, 0.25) is 5.91 Å². The van der Waals surface area contributed by atoms with Crippen LogP contribution in [-0.4, -0.2) is 34.9 Å². The van der Waals surface area contributed by atoms with Gasteiger partial charge < -0.3 is 5.32 Å². The monoisotopic (exact) mass is 409 g/mol. The van der Waals surface area contributed by atoms with E-state index in [4.69, 9.17) is 0 Å². The first kappa shape index (κ1) is 19.7. The minimum absolute atomic E-state index is 0.00948. The van der Waals surface area contributed by atoms with Crippen molar-refractivity contribution < 1.29 is 9.18 Å². The van der Waals surface area contributed by atoms with Crippen molar-refractivity contribution in [1.82, 2.24) is 15.2 Å². The van der Waals surface area contributed by atoms with E-state index in [-0.39, 0.29) is 24.2 Å². The van der Waals surface area contributed by atoms with Crippen LogP contribution < -0.4 is 5.32 Å². The molecular weight excluding hydrogens is 385 g/mol. The van der Waals surface area contributed by atoms with Gasteiger partial charge in [-0.3, -0.25) is 9.69 Å². The van der Waals surface area contributed by atoms with Crippen LogP contribution in [0.2, 0.25) is 0 Å². The lowest BCUT2D eigenvalue weighted by atomic mass is 10.0. The van der Waals surface area contributed by atoms with Crippen LogP contribution in [-0.2, 0) is 17.8 Å². The Balaban J connectivity index is 1.25. The van der Waals surface area contributed by atoms with Gasteiger partial charge in [-0.25, -0.2) is 9.37 Å². The molecule has 0 radical (unpaired) electrons. The molecule has 4 rings (SSSR count). The second kappa shape index (κ2) is 9.29. The lowest BCUT2D eigenvalue weighted by Gasteiger charge is -2.32. The summed E-state index contributed by atoms with van der Waals surface area (Å²) in [6.07, 6.45) is 3.88. The summed E-state index contributed by atoms with van der Waals surface area (Å²) < 4.78 is 13.9. The Morgan fingerprint density at radius 2 is 1.83 bits per heavy atom. The van der Waals surface area contributed by atoms with E-state index in [1.165, 1.54) is 23.0 Å². The van der Waals surface area contributed by atoms with E-state index in [0.717, 1.165) is 37.4 Å². The summed E-state index contributed by atoms with van der Waals surface area (Å²) in [5, 5.41) is 3.76. The highest BCUT2D eigenvalue weighted by Gasteiger charge is 2.21. The summed E-state index contributed by atoms with van der Waals surface area (Å²) in [7, 11) is 0. The first-order valence-corrected chi connectivity index (χ1v) is 10.7. The number of likely N-dealkylation sites (tertiary alicyclic amines) is 1. The van der Waals surface area contributed by atoms with Crippen molar-refractivity contribution in [2.75, 3.05) is 13.1 Å². The molecule has 2 aromatic carbocycles. The molecule has 29 heavy (non-hydrogen) atoms. The van der Waals surface area contributed by atoms with Crippen molar-refractivity contribution in [3.8, 4) is 10.6 Å². The van der Waals surface area contributed by atoms with Gasteiger partial charge in [0.25, 0.3) is 0 Å². The van der Waals surface area contributed by atoms with Crippen LogP contribution in [0.3, 0.4) is 0 Å². The van der Waals surface area contributed by atoms with Crippen LogP contribution in [0, 0.1) is 5.82 Å². The normalized spacial score (nSPS) is 15.3. The third-order valence-corrected chi connectivity index (χ3v) is 6.22. The SMILES string of the molecule is O=C(Cc1cnc(-c2ccccc2F)s1)NC1CCN(Cc2ccccc2)CC1. The van der Waals surface area contributed by atoms with Gasteiger partial charge in [-0.2, -0.15) is 0 Å². The predicted molar refractivity (Wildman–Crippen MR) is 114 cm³/mol. The fourth-order valence-corrected chi connectivity index (χ4v) is 4.60. The number of benzene rings is 2. The molecule has 150 valence electrons. The van der Waals surface area contributed by atoms with Gasteiger partial charge in [0.05, 0.1) is 6.42 Å². The number of nitrogens with zero attached hydrogens (tertiary/aromatic N) is 2. The molecule has 1 fully saturated rings. The number of rotatable bonds is 6. The molecule has 6 heteroatoms. The summed E-state index contributed by atoms with van der Waals surface area (Å²) in [6, 6.07) is 17.3. The molecule has 0 spiro atoms. The van der Waals surface area contributed by atoms with E-state index in [0.29, 0.717) is 10.6 Å². The highest BCUT2D eigenvalue weighted by atomic mass is 32.1. The van der Waals surface area contributed by atoms with Crippen LogP contribution in [0.5, 0.6) is 0 Å². The average molecular weight is 410 g/mol. The van der Waals surface area contributed by atoms with Crippen LogP contribution >= 0.6 is 11.3 Å². The van der Waals surface area contributed by atoms with E-state index in [9.17, 15) is 9.18 Å². The van der Waals surface area contributed by atoms with Gasteiger partial charge in [0, 0.05) is 42.3 Å². The van der Waals surface area contributed by atoms with E-state index in [1.54, 1.807) is 24.4 Å². The van der Waals surface area contributed by atoms with Gasteiger partial charge in [0.15, 0.2) is 0 Å². The molecule has 1 saturated heterocycles. The Labute approximate surface area is 174 Å². The Morgan fingerprint density at radius 3 is 2.59 bits per heavy atom. The zero-order valence-electron chi connectivity index (χ0n) is 16.2. The zero-order chi connectivity index (χ0) is 20.1. The minimum atomic E-state index is -0.292. The average Bonchev–Trinajstić information content (AvgIpc) is 3.18. The number of hydrogen-bond donors (Lipinski definition) is 1. The standard InChI is InChI=1S/C23H24FN3OS/c24-21-9-5-4-8-20(21)23-25-15-19(29-23)14-22(28)26-18-10-12-27(13-11-18)16-17-6-2-1-3-7-17/h1-9,15,18H,10-14,16H2,(H,26,28). The number of hydrogen-bond acceptors (Lipinski definition) is 4. The third-order valence-electron chi connectivity index (χ3n) is 5.19. The van der Waals surface area contributed by atoms with Gasteiger partial charge >= 0.3 is 0 Å². The quantitative estimate of drug-likeness (QED) is 0.661. The molecule has 0 atom stereocenters. The highest BCUT2D eigenvalue weighted by Crippen LogP contribution is 2.27. The Morgan fingerprint density at radius 1 is 1.10 bits per heavy atom. The summed E-state index contributed by atoms with van der Waals surface area (Å²) in [5.74, 6) is -0.282. The molecule has 1 aliphatic rings. The van der Waals surface area contributed by atoms with Crippen molar-refractivity contribution in [1.29, 1.82) is 0 Å². The van der Waals surface area contributed by atoms with E-state index >= 15 is 0 Å². The minimum Gasteiger partial charge on any atom is -0.353 e. The molecule has 0 saturated carbocycles. The summed E-state index contributed by atoms with van der Waals surface area (Å²) in [6.45, 7) is 2.93. The number of aromatic nitrogens is 1. The molecule has 3 aromatic rings. The van der Waals surface area contributed by atoms with Crippen molar-refractivity contribution in [2.24, 2.45) is 0 Å². The number of piperidine rings is 1. The topological polar surface area (TPSA) is 45.2 Å². The maximum Gasteiger partial charge on any atom is 0.225 e. The number of amides is 1. The maximum absolute atomic E-state index is 13.9. The van der Waals surface area contributed by atoms with Crippen LogP contribution in [0.15, 0.2) is 60.8 Å². The predicted octanol–water partition coefficient (Wildman–Crippen LogP) is 4.27. The molecule has 2 heterocycles. The van der Waals surface area contributed by atoms with Crippen LogP contribution in [0.4, 0.5) is 4.39 Å². The second-order valence-corrected chi connectivity index (χ2v) is 8.51. The number of nitrogens with one attached hydrogen (secondary N) is 1. The fraction of sp³-hybridized carbons (Fsp3) is 0.304. The summed E-state index contributed by atoms with van der Waals surface area (Å²) in [4.78, 5) is 20.0. The largest absolute Gasteiger partial charge is 0.353 e. The molecule has 0 bridgehead atoms. The van der Waals surface area contributed by atoms with Crippen LogP contribution in [0.25, 0.3) is 10.6 Å². The lowest BCUT2D eigenvalue weighted by Crippen LogP contribution is -2.44. The van der Waals surface area contributed by atoms with Crippen molar-refractivity contribution >= 4 is 17.2 Å². The number of carbonyl (C=O) groups is 1. The molecule has 1 aliphatic heterocycles. The van der Waals surface area contributed by atoms with E-state index in [1.807, 2.05) is 6.07 Å². The molecule has 1 aromatic heterocycles. The maximum atomic E-state index is 13.9. The third kappa shape index (κ3) is 5.28. The van der Waals surface area contributed by atoms with E-state index in [2.05, 4.69) is 39.5 Å². The van der Waals surface area contributed by atoms with Gasteiger partial charge in [0.1, 0.15) is 10.8 Å². The van der Waals surface area contributed by atoms with Gasteiger partial charge in [-0.05, 0) is 30.5 Å². The zero-order valence-corrected chi connectivity index (χ0v) is 17.0. The fourth-order valence-electron chi connectivity index (χ4n) is 3.66. The highest BCUT2D eigenvalue weighted by molar-refractivity contribution is 7.15. The van der Waals surface area contributed by atoms with Crippen molar-refractivity contribution in [3.63, 3.8) is 0 Å². The molecular formula is C23H24FN3OS. The Kier molecular flexibility index (Phi) is 6.32. The molecule has 0 aliphatic carbocycles. The number of halogens is 1. The smallest absolute Gasteiger partial charge is 0.225 e. The molecule has 1 amide bonds. The van der Waals surface area contributed by atoms with E-state index < -0.39 is 0 Å². The second-order valence-electron chi connectivity index (χ2n) is 7.39. The van der Waals surface area contributed by atoms with Crippen LogP contribution in [0.1, 0.15) is 23.3 Å². The first-order chi connectivity index (χ1) is 14.2. The van der Waals surface area contributed by atoms with Gasteiger partial charge in [-0.15, -0.1) is 11.3 Å². The first-order valence-electron chi connectivity index (χ1n) is 9.92. The molecule has 4 nitrogen and oxygen atoms in total. The Bertz CT molecular complexity index is 952. The van der Waals surface area contributed by atoms with Crippen molar-refractivity contribution in [2.45, 2.75) is 31.8 Å². The number of thiazole rings is 1. The van der Waals surface area contributed by atoms with Gasteiger partial charge in [-0.1, -0.05) is 42.5 Å². The number of carbonyl (C=O) groups excluding carboxylic acids is 1. The summed E-state index contributed by atoms with van der Waals surface area (Å²) in [5.41, 5.74) is 1.81. The Hall–Kier alpha value is -2.57. The van der Waals surface area contributed by atoms with Crippen molar-refractivity contribution in [3.05, 3.63) is 77.1 Å². The molecule has 1 N–H and O–H groups in total. The summed E-state index contributed by atoms with van der Waals surface area (Å²) >= 11 is 1.37. The molecule has 0 unspecified atom stereocenters. The lowest BCUT2D eigenvalue weighted by molar-refractivity contribution is -0.121.